The van der Waals surface area contributed by atoms with Crippen molar-refractivity contribution in [1.82, 2.24) is 14.6 Å². The molecule has 0 radical (unpaired) electrons. The Morgan fingerprint density at radius 2 is 2.37 bits per heavy atom. The van der Waals surface area contributed by atoms with E-state index in [0.717, 1.165) is 4.47 Å². The van der Waals surface area contributed by atoms with Gasteiger partial charge in [-0.05, 0) is 34.5 Å². The number of aromatic nitrogens is 3. The quantitative estimate of drug-likeness (QED) is 0.833. The number of rotatable bonds is 2. The zero-order chi connectivity index (χ0) is 13.6. The van der Waals surface area contributed by atoms with E-state index >= 15 is 0 Å². The maximum Gasteiger partial charge on any atom is 0.325 e. The van der Waals surface area contributed by atoms with E-state index in [4.69, 9.17) is 10.8 Å². The molecule has 1 aliphatic heterocycles. The Hall–Kier alpha value is -1.67. The molecule has 1 saturated heterocycles. The lowest BCUT2D eigenvalue weighted by Crippen LogP contribution is -2.50. The number of anilines is 1. The molecule has 7 nitrogen and oxygen atoms in total. The number of halogens is 1. The van der Waals surface area contributed by atoms with Gasteiger partial charge in [-0.2, -0.15) is 4.98 Å². The summed E-state index contributed by atoms with van der Waals surface area (Å²) in [6.07, 6.45) is 2.18. The van der Waals surface area contributed by atoms with Crippen LogP contribution < -0.4 is 10.6 Å². The average Bonchev–Trinajstić information content (AvgIpc) is 2.94. The van der Waals surface area contributed by atoms with E-state index in [0.29, 0.717) is 24.6 Å². The summed E-state index contributed by atoms with van der Waals surface area (Å²) in [5, 5.41) is 13.4. The third-order valence-corrected chi connectivity index (χ3v) is 3.93. The first-order valence-electron chi connectivity index (χ1n) is 5.78. The number of hydrogen-bond donors (Lipinski definition) is 2. The lowest BCUT2D eigenvalue weighted by atomic mass is 10.0. The third kappa shape index (κ3) is 1.96. The Morgan fingerprint density at radius 1 is 1.58 bits per heavy atom. The van der Waals surface area contributed by atoms with Gasteiger partial charge in [-0.15, -0.1) is 5.10 Å². The number of carbonyl (C=O) groups is 1. The highest BCUT2D eigenvalue weighted by Crippen LogP contribution is 2.25. The molecule has 0 amide bonds. The van der Waals surface area contributed by atoms with E-state index in [9.17, 15) is 4.79 Å². The second-order valence-electron chi connectivity index (χ2n) is 4.67. The van der Waals surface area contributed by atoms with Gasteiger partial charge in [0, 0.05) is 19.3 Å². The minimum Gasteiger partial charge on any atom is -0.480 e. The molecule has 2 aromatic rings. The third-order valence-electron chi connectivity index (χ3n) is 3.31. The standard InChI is InChI=1S/C11H12BrN5O2/c12-7-2-1-4-17-8(7)14-10(15-17)16-5-3-11(13,6-16)9(18)19/h1-2,4H,3,5-6,13H2,(H,18,19). The van der Waals surface area contributed by atoms with Crippen LogP contribution in [0.3, 0.4) is 0 Å². The number of aliphatic carboxylic acids is 1. The van der Waals surface area contributed by atoms with Crippen LogP contribution in [0.15, 0.2) is 22.8 Å². The molecule has 1 aliphatic rings. The van der Waals surface area contributed by atoms with Crippen molar-refractivity contribution in [1.29, 1.82) is 0 Å². The van der Waals surface area contributed by atoms with Crippen LogP contribution in [0.1, 0.15) is 6.42 Å². The Labute approximate surface area is 117 Å². The highest BCUT2D eigenvalue weighted by molar-refractivity contribution is 9.10. The second kappa shape index (κ2) is 4.17. The molecule has 0 aromatic carbocycles. The summed E-state index contributed by atoms with van der Waals surface area (Å²) in [6.45, 7) is 0.758. The fourth-order valence-electron chi connectivity index (χ4n) is 2.17. The Balaban J connectivity index is 1.94. The van der Waals surface area contributed by atoms with Crippen molar-refractivity contribution in [3.8, 4) is 0 Å². The number of carboxylic acids is 1. The lowest BCUT2D eigenvalue weighted by Gasteiger charge is -2.18. The van der Waals surface area contributed by atoms with Crippen LogP contribution >= 0.6 is 15.9 Å². The van der Waals surface area contributed by atoms with Crippen LogP contribution in [0.25, 0.3) is 5.65 Å². The minimum atomic E-state index is -1.21. The number of carboxylic acid groups (broad SMARTS) is 1. The molecule has 1 atom stereocenters. The molecule has 3 rings (SSSR count). The van der Waals surface area contributed by atoms with Gasteiger partial charge in [0.2, 0.25) is 5.95 Å². The Kier molecular flexibility index (Phi) is 2.72. The molecule has 8 heteroatoms. The molecule has 1 unspecified atom stereocenters. The van der Waals surface area contributed by atoms with Gasteiger partial charge in [0.15, 0.2) is 5.65 Å². The molecule has 19 heavy (non-hydrogen) atoms. The van der Waals surface area contributed by atoms with Gasteiger partial charge in [0.25, 0.3) is 0 Å². The van der Waals surface area contributed by atoms with Crippen molar-refractivity contribution < 1.29 is 9.90 Å². The van der Waals surface area contributed by atoms with E-state index in [1.54, 1.807) is 15.6 Å². The van der Waals surface area contributed by atoms with Gasteiger partial charge in [0.1, 0.15) is 5.54 Å². The summed E-state index contributed by atoms with van der Waals surface area (Å²) in [7, 11) is 0. The van der Waals surface area contributed by atoms with Crippen molar-refractivity contribution in [3.05, 3.63) is 22.8 Å². The van der Waals surface area contributed by atoms with Crippen molar-refractivity contribution in [2.24, 2.45) is 5.73 Å². The molecular weight excluding hydrogens is 314 g/mol. The van der Waals surface area contributed by atoms with E-state index in [1.807, 2.05) is 12.1 Å². The minimum absolute atomic E-state index is 0.219. The summed E-state index contributed by atoms with van der Waals surface area (Å²) >= 11 is 3.40. The largest absolute Gasteiger partial charge is 0.480 e. The normalized spacial score (nSPS) is 23.2. The first-order chi connectivity index (χ1) is 8.99. The predicted octanol–water partition coefficient (Wildman–Crippen LogP) is 0.484. The summed E-state index contributed by atoms with van der Waals surface area (Å²) in [5.74, 6) is -0.486. The van der Waals surface area contributed by atoms with Crippen LogP contribution in [0.4, 0.5) is 5.95 Å². The molecule has 0 spiro atoms. The molecule has 0 aliphatic carbocycles. The van der Waals surface area contributed by atoms with Crippen LogP contribution in [-0.4, -0.2) is 44.3 Å². The van der Waals surface area contributed by atoms with Crippen molar-refractivity contribution in [3.63, 3.8) is 0 Å². The average molecular weight is 326 g/mol. The van der Waals surface area contributed by atoms with Crippen LogP contribution in [0.2, 0.25) is 0 Å². The van der Waals surface area contributed by atoms with Crippen molar-refractivity contribution in [2.75, 3.05) is 18.0 Å². The Morgan fingerprint density at radius 3 is 3.00 bits per heavy atom. The molecule has 1 fully saturated rings. The van der Waals surface area contributed by atoms with Gasteiger partial charge < -0.3 is 15.7 Å². The highest BCUT2D eigenvalue weighted by atomic mass is 79.9. The van der Waals surface area contributed by atoms with Crippen LogP contribution in [0.5, 0.6) is 0 Å². The van der Waals surface area contributed by atoms with Gasteiger partial charge in [-0.1, -0.05) is 0 Å². The maximum atomic E-state index is 11.1. The number of nitrogens with zero attached hydrogens (tertiary/aromatic N) is 4. The predicted molar refractivity (Wildman–Crippen MR) is 72.1 cm³/mol. The van der Waals surface area contributed by atoms with Crippen LogP contribution in [-0.2, 0) is 4.79 Å². The van der Waals surface area contributed by atoms with Gasteiger partial charge in [-0.25, -0.2) is 4.52 Å². The number of hydrogen-bond acceptors (Lipinski definition) is 5. The monoisotopic (exact) mass is 325 g/mol. The molecule has 100 valence electrons. The molecule has 3 heterocycles. The molecule has 3 N–H and O–H groups in total. The highest BCUT2D eigenvalue weighted by Gasteiger charge is 2.42. The second-order valence-corrected chi connectivity index (χ2v) is 5.52. The van der Waals surface area contributed by atoms with E-state index in [-0.39, 0.29) is 6.54 Å². The fourth-order valence-corrected chi connectivity index (χ4v) is 2.60. The fraction of sp³-hybridized carbons (Fsp3) is 0.364. The summed E-state index contributed by atoms with van der Waals surface area (Å²) in [6, 6.07) is 3.73. The van der Waals surface area contributed by atoms with E-state index in [2.05, 4.69) is 26.0 Å². The Bertz CT molecular complexity index is 658. The zero-order valence-electron chi connectivity index (χ0n) is 9.95. The van der Waals surface area contributed by atoms with Gasteiger partial charge in [-0.3, -0.25) is 4.79 Å². The zero-order valence-corrected chi connectivity index (χ0v) is 11.5. The lowest BCUT2D eigenvalue weighted by molar-refractivity contribution is -0.142. The van der Waals surface area contributed by atoms with Gasteiger partial charge in [0.05, 0.1) is 4.47 Å². The first-order valence-corrected chi connectivity index (χ1v) is 6.57. The maximum absolute atomic E-state index is 11.1. The molecule has 0 bridgehead atoms. The summed E-state index contributed by atoms with van der Waals surface area (Å²) in [4.78, 5) is 17.3. The van der Waals surface area contributed by atoms with Gasteiger partial charge >= 0.3 is 5.97 Å². The molecular formula is C11H12BrN5O2. The molecule has 0 saturated carbocycles. The van der Waals surface area contributed by atoms with E-state index < -0.39 is 11.5 Å². The SMILES string of the molecule is NC1(C(=O)O)CCN(c2nc3c(Br)cccn3n2)C1. The summed E-state index contributed by atoms with van der Waals surface area (Å²) in [5.41, 5.74) is 5.32. The number of nitrogens with two attached hydrogens (primary N) is 1. The molecule has 2 aromatic heterocycles. The number of pyridine rings is 1. The van der Waals surface area contributed by atoms with E-state index in [1.165, 1.54) is 0 Å². The summed E-state index contributed by atoms with van der Waals surface area (Å²) < 4.78 is 2.49. The number of fused-ring (bicyclic) bond motifs is 1. The van der Waals surface area contributed by atoms with Crippen LogP contribution in [0, 0.1) is 0 Å². The first kappa shape index (κ1) is 12.4. The smallest absolute Gasteiger partial charge is 0.325 e. The van der Waals surface area contributed by atoms with Crippen molar-refractivity contribution >= 4 is 33.5 Å². The van der Waals surface area contributed by atoms with Crippen molar-refractivity contribution in [2.45, 2.75) is 12.0 Å². The topological polar surface area (TPSA) is 96.8 Å².